The van der Waals surface area contributed by atoms with E-state index in [9.17, 15) is 17.6 Å². The van der Waals surface area contributed by atoms with Crippen molar-refractivity contribution in [3.05, 3.63) is 53.8 Å². The molecular formula is C23H28FN3O4S. The molecule has 2 fully saturated rings. The zero-order chi connectivity index (χ0) is 22.6. The molecule has 32 heavy (non-hydrogen) atoms. The van der Waals surface area contributed by atoms with Gasteiger partial charge in [0.25, 0.3) is 0 Å². The van der Waals surface area contributed by atoms with E-state index in [0.717, 1.165) is 38.0 Å². The predicted molar refractivity (Wildman–Crippen MR) is 121 cm³/mol. The van der Waals surface area contributed by atoms with Gasteiger partial charge in [-0.3, -0.25) is 4.79 Å². The minimum Gasteiger partial charge on any atom is -0.379 e. The summed E-state index contributed by atoms with van der Waals surface area (Å²) in [6.07, 6.45) is 3.09. The molecule has 9 heteroatoms. The molecule has 0 saturated carbocycles. The highest BCUT2D eigenvalue weighted by Crippen LogP contribution is 2.32. The number of morpholine rings is 1. The third kappa shape index (κ3) is 5.11. The molecule has 172 valence electrons. The van der Waals surface area contributed by atoms with Crippen molar-refractivity contribution in [1.82, 2.24) is 4.31 Å². The number of rotatable bonds is 6. The Morgan fingerprint density at radius 3 is 2.44 bits per heavy atom. The molecule has 0 radical (unpaired) electrons. The van der Waals surface area contributed by atoms with E-state index in [1.807, 2.05) is 0 Å². The SMILES string of the molecule is O=C(Cc1ccccc1F)Nc1cc(S(=O)(=O)N2CCOCC2)ccc1N1CCCCC1. The number of carbonyl (C=O) groups excluding carboxylic acids is 1. The molecule has 2 aliphatic rings. The fourth-order valence-corrected chi connectivity index (χ4v) is 5.57. The van der Waals surface area contributed by atoms with E-state index in [0.29, 0.717) is 37.6 Å². The Morgan fingerprint density at radius 2 is 1.72 bits per heavy atom. The monoisotopic (exact) mass is 461 g/mol. The molecule has 2 aromatic rings. The van der Waals surface area contributed by atoms with Gasteiger partial charge < -0.3 is 15.0 Å². The summed E-state index contributed by atoms with van der Waals surface area (Å²) in [7, 11) is -3.71. The number of halogens is 1. The molecule has 0 spiro atoms. The highest BCUT2D eigenvalue weighted by Gasteiger charge is 2.28. The second-order valence-electron chi connectivity index (χ2n) is 8.06. The largest absolute Gasteiger partial charge is 0.379 e. The Labute approximate surface area is 188 Å². The van der Waals surface area contributed by atoms with Gasteiger partial charge in [0.05, 0.1) is 35.9 Å². The van der Waals surface area contributed by atoms with Crippen LogP contribution in [0.3, 0.4) is 0 Å². The Hall–Kier alpha value is -2.49. The highest BCUT2D eigenvalue weighted by molar-refractivity contribution is 7.89. The normalized spacial score (nSPS) is 17.8. The van der Waals surface area contributed by atoms with Crippen molar-refractivity contribution < 1.29 is 22.3 Å². The Balaban J connectivity index is 1.63. The van der Waals surface area contributed by atoms with E-state index in [2.05, 4.69) is 10.2 Å². The first-order valence-corrected chi connectivity index (χ1v) is 12.4. The van der Waals surface area contributed by atoms with Crippen LogP contribution in [0.1, 0.15) is 24.8 Å². The smallest absolute Gasteiger partial charge is 0.243 e. The van der Waals surface area contributed by atoms with Crippen molar-refractivity contribution >= 4 is 27.3 Å². The summed E-state index contributed by atoms with van der Waals surface area (Å²) in [6, 6.07) is 11.0. The summed E-state index contributed by atoms with van der Waals surface area (Å²) in [5, 5.41) is 2.84. The molecule has 0 aliphatic carbocycles. The summed E-state index contributed by atoms with van der Waals surface area (Å²) in [5.41, 5.74) is 1.51. The maximum absolute atomic E-state index is 14.0. The standard InChI is InChI=1S/C23H28FN3O4S/c24-20-7-3-2-6-18(20)16-23(28)25-21-17-19(32(29,30)27-12-14-31-15-13-27)8-9-22(21)26-10-4-1-5-11-26/h2-3,6-9,17H,1,4-5,10-16H2,(H,25,28). The molecule has 2 aromatic carbocycles. The van der Waals surface area contributed by atoms with E-state index < -0.39 is 21.7 Å². The number of sulfonamides is 1. The molecule has 7 nitrogen and oxygen atoms in total. The van der Waals surface area contributed by atoms with Crippen LogP contribution >= 0.6 is 0 Å². The van der Waals surface area contributed by atoms with Crippen molar-refractivity contribution in [2.24, 2.45) is 0 Å². The van der Waals surface area contributed by atoms with Gasteiger partial charge >= 0.3 is 0 Å². The van der Waals surface area contributed by atoms with Gasteiger partial charge in [-0.15, -0.1) is 0 Å². The van der Waals surface area contributed by atoms with E-state index >= 15 is 0 Å². The number of benzene rings is 2. The maximum Gasteiger partial charge on any atom is 0.243 e. The first-order chi connectivity index (χ1) is 15.4. The summed E-state index contributed by atoms with van der Waals surface area (Å²) in [6.45, 7) is 2.99. The van der Waals surface area contributed by atoms with Crippen LogP contribution in [0.2, 0.25) is 0 Å². The minimum atomic E-state index is -3.71. The average Bonchev–Trinajstić information content (AvgIpc) is 2.81. The van der Waals surface area contributed by atoms with Gasteiger partial charge in [-0.05, 0) is 49.1 Å². The number of nitrogens with zero attached hydrogens (tertiary/aromatic N) is 2. The Bertz CT molecular complexity index is 1060. The average molecular weight is 462 g/mol. The third-order valence-corrected chi connectivity index (χ3v) is 7.75. The van der Waals surface area contributed by atoms with Crippen LogP contribution in [0.5, 0.6) is 0 Å². The van der Waals surface area contributed by atoms with Crippen molar-refractivity contribution in [3.8, 4) is 0 Å². The summed E-state index contributed by atoms with van der Waals surface area (Å²) >= 11 is 0. The van der Waals surface area contributed by atoms with E-state index in [-0.39, 0.29) is 11.3 Å². The van der Waals surface area contributed by atoms with Gasteiger partial charge in [0, 0.05) is 26.2 Å². The summed E-state index contributed by atoms with van der Waals surface area (Å²) in [4.78, 5) is 15.0. The summed E-state index contributed by atoms with van der Waals surface area (Å²) < 4.78 is 47.0. The van der Waals surface area contributed by atoms with E-state index in [1.165, 1.54) is 16.4 Å². The number of hydrogen-bond donors (Lipinski definition) is 1. The number of anilines is 2. The zero-order valence-electron chi connectivity index (χ0n) is 17.9. The second kappa shape index (κ2) is 9.97. The minimum absolute atomic E-state index is 0.126. The van der Waals surface area contributed by atoms with Crippen LogP contribution in [0, 0.1) is 5.82 Å². The molecule has 1 amide bonds. The first-order valence-electron chi connectivity index (χ1n) is 11.0. The van der Waals surface area contributed by atoms with Crippen LogP contribution in [-0.4, -0.2) is 58.0 Å². The molecule has 2 heterocycles. The topological polar surface area (TPSA) is 79.0 Å². The Kier molecular flexibility index (Phi) is 7.07. The zero-order valence-corrected chi connectivity index (χ0v) is 18.7. The van der Waals surface area contributed by atoms with Gasteiger partial charge in [-0.2, -0.15) is 4.31 Å². The molecular weight excluding hydrogens is 433 g/mol. The second-order valence-corrected chi connectivity index (χ2v) is 10.00. The molecule has 0 aromatic heterocycles. The van der Waals surface area contributed by atoms with Gasteiger partial charge in [-0.25, -0.2) is 12.8 Å². The molecule has 2 aliphatic heterocycles. The third-order valence-electron chi connectivity index (χ3n) is 5.86. The number of nitrogens with one attached hydrogen (secondary N) is 1. The lowest BCUT2D eigenvalue weighted by atomic mass is 10.1. The van der Waals surface area contributed by atoms with Crippen molar-refractivity contribution in [3.63, 3.8) is 0 Å². The lowest BCUT2D eigenvalue weighted by molar-refractivity contribution is -0.115. The number of carbonyl (C=O) groups is 1. The molecule has 0 atom stereocenters. The van der Waals surface area contributed by atoms with Crippen LogP contribution in [0.4, 0.5) is 15.8 Å². The number of ether oxygens (including phenoxy) is 1. The highest BCUT2D eigenvalue weighted by atomic mass is 32.2. The van der Waals surface area contributed by atoms with Gasteiger partial charge in [0.2, 0.25) is 15.9 Å². The number of amides is 1. The quantitative estimate of drug-likeness (QED) is 0.716. The van der Waals surface area contributed by atoms with Crippen molar-refractivity contribution in [2.75, 3.05) is 49.6 Å². The fraction of sp³-hybridized carbons (Fsp3) is 0.435. The Morgan fingerprint density at radius 1 is 1.00 bits per heavy atom. The number of piperidine rings is 1. The van der Waals surface area contributed by atoms with Crippen LogP contribution in [0.25, 0.3) is 0 Å². The van der Waals surface area contributed by atoms with E-state index in [4.69, 9.17) is 4.74 Å². The van der Waals surface area contributed by atoms with Crippen LogP contribution < -0.4 is 10.2 Å². The van der Waals surface area contributed by atoms with Crippen molar-refractivity contribution in [1.29, 1.82) is 0 Å². The molecule has 4 rings (SSSR count). The van der Waals surface area contributed by atoms with Crippen LogP contribution in [0.15, 0.2) is 47.4 Å². The molecule has 0 unspecified atom stereocenters. The lowest BCUT2D eigenvalue weighted by Gasteiger charge is -2.31. The van der Waals surface area contributed by atoms with Gasteiger partial charge in [-0.1, -0.05) is 18.2 Å². The van der Waals surface area contributed by atoms with Crippen LogP contribution in [-0.2, 0) is 26.0 Å². The lowest BCUT2D eigenvalue weighted by Crippen LogP contribution is -2.40. The molecule has 1 N–H and O–H groups in total. The van der Waals surface area contributed by atoms with Gasteiger partial charge in [0.1, 0.15) is 5.82 Å². The predicted octanol–water partition coefficient (Wildman–Crippen LogP) is 3.02. The molecule has 2 saturated heterocycles. The van der Waals surface area contributed by atoms with E-state index in [1.54, 1.807) is 30.3 Å². The maximum atomic E-state index is 14.0. The first kappa shape index (κ1) is 22.7. The van der Waals surface area contributed by atoms with Crippen molar-refractivity contribution in [2.45, 2.75) is 30.6 Å². The fourth-order valence-electron chi connectivity index (χ4n) is 4.13. The summed E-state index contributed by atoms with van der Waals surface area (Å²) in [5.74, 6) is -0.836. The number of hydrogen-bond acceptors (Lipinski definition) is 5. The van der Waals surface area contributed by atoms with Gasteiger partial charge in [0.15, 0.2) is 0 Å². The molecule has 0 bridgehead atoms.